The number of piperidine rings is 2. The molecule has 0 aromatic rings. The molecule has 4 aliphatic heterocycles. The SMILES string of the molecule is CCCC12CN3CC(C)(CN(C1)C31CCCC1)[C@H]2O. The highest BCUT2D eigenvalue weighted by molar-refractivity contribution is 5.18. The molecule has 3 atom stereocenters. The Morgan fingerprint density at radius 2 is 1.63 bits per heavy atom. The van der Waals surface area contributed by atoms with Crippen LogP contribution in [0, 0.1) is 10.8 Å². The van der Waals surface area contributed by atoms with Gasteiger partial charge in [-0.15, -0.1) is 0 Å². The Morgan fingerprint density at radius 3 is 2.16 bits per heavy atom. The summed E-state index contributed by atoms with van der Waals surface area (Å²) in [5.74, 6) is 0. The van der Waals surface area contributed by atoms with Crippen LogP contribution < -0.4 is 0 Å². The van der Waals surface area contributed by atoms with E-state index in [1.807, 2.05) is 0 Å². The quantitative estimate of drug-likeness (QED) is 0.827. The maximum absolute atomic E-state index is 10.9. The van der Waals surface area contributed by atoms with Gasteiger partial charge in [0.05, 0.1) is 11.8 Å². The van der Waals surface area contributed by atoms with Crippen LogP contribution in [0.5, 0.6) is 0 Å². The van der Waals surface area contributed by atoms with Gasteiger partial charge >= 0.3 is 0 Å². The van der Waals surface area contributed by atoms with E-state index in [-0.39, 0.29) is 16.9 Å². The first-order chi connectivity index (χ1) is 9.05. The molecule has 1 saturated carbocycles. The summed E-state index contributed by atoms with van der Waals surface area (Å²) in [5.41, 5.74) is 0.657. The third-order valence-corrected chi connectivity index (χ3v) is 6.69. The molecule has 1 N–H and O–H groups in total. The molecule has 0 aromatic heterocycles. The molecule has 0 aromatic carbocycles. The Bertz CT molecular complexity index is 370. The summed E-state index contributed by atoms with van der Waals surface area (Å²) in [4.78, 5) is 5.55. The molecule has 0 radical (unpaired) electrons. The van der Waals surface area contributed by atoms with E-state index in [0.29, 0.717) is 5.66 Å². The highest BCUT2D eigenvalue weighted by Gasteiger charge is 2.67. The van der Waals surface area contributed by atoms with Gasteiger partial charge in [-0.3, -0.25) is 9.80 Å². The van der Waals surface area contributed by atoms with Crippen molar-refractivity contribution < 1.29 is 5.11 Å². The molecule has 0 amide bonds. The monoisotopic (exact) mass is 264 g/mol. The van der Waals surface area contributed by atoms with E-state index in [1.54, 1.807) is 0 Å². The zero-order valence-corrected chi connectivity index (χ0v) is 12.5. The Kier molecular flexibility index (Phi) is 2.49. The third-order valence-electron chi connectivity index (χ3n) is 6.69. The summed E-state index contributed by atoms with van der Waals surface area (Å²) < 4.78 is 0. The van der Waals surface area contributed by atoms with Crippen molar-refractivity contribution in [1.82, 2.24) is 9.80 Å². The molecule has 19 heavy (non-hydrogen) atoms. The molecule has 3 heteroatoms. The Labute approximate surface area is 117 Å². The smallest absolute Gasteiger partial charge is 0.0738 e. The first-order valence-electron chi connectivity index (χ1n) is 8.23. The third kappa shape index (κ3) is 1.39. The maximum Gasteiger partial charge on any atom is 0.0738 e. The number of hydrogen-bond acceptors (Lipinski definition) is 3. The summed E-state index contributed by atoms with van der Waals surface area (Å²) in [5, 5.41) is 10.9. The molecular weight excluding hydrogens is 236 g/mol. The Balaban J connectivity index is 1.74. The lowest BCUT2D eigenvalue weighted by Crippen LogP contribution is -2.83. The van der Waals surface area contributed by atoms with Crippen molar-refractivity contribution >= 4 is 0 Å². The van der Waals surface area contributed by atoms with Gasteiger partial charge in [-0.05, 0) is 19.3 Å². The van der Waals surface area contributed by atoms with Gasteiger partial charge in [0.15, 0.2) is 0 Å². The van der Waals surface area contributed by atoms with E-state index in [1.165, 1.54) is 38.5 Å². The summed E-state index contributed by atoms with van der Waals surface area (Å²) in [7, 11) is 0. The van der Waals surface area contributed by atoms with Gasteiger partial charge in [0.25, 0.3) is 0 Å². The van der Waals surface area contributed by atoms with Crippen LogP contribution in [0.25, 0.3) is 0 Å². The summed E-state index contributed by atoms with van der Waals surface area (Å²) in [6.07, 6.45) is 7.81. The van der Waals surface area contributed by atoms with Crippen molar-refractivity contribution in [2.45, 2.75) is 64.1 Å². The van der Waals surface area contributed by atoms with Crippen molar-refractivity contribution in [3.8, 4) is 0 Å². The zero-order valence-electron chi connectivity index (χ0n) is 12.5. The average Bonchev–Trinajstić information content (AvgIpc) is 2.82. The minimum absolute atomic E-state index is 0.0915. The standard InChI is InChI=1S/C16H28N2O/c1-3-6-15-11-17-9-14(2,13(15)19)10-18(12-15)16(17)7-4-5-8-16/h13,19H,3-12H2,1-2H3/t13-,14?,15?/m1/s1. The van der Waals surface area contributed by atoms with Gasteiger partial charge in [-0.2, -0.15) is 0 Å². The van der Waals surface area contributed by atoms with Crippen LogP contribution >= 0.6 is 0 Å². The first-order valence-corrected chi connectivity index (χ1v) is 8.23. The van der Waals surface area contributed by atoms with E-state index >= 15 is 0 Å². The fraction of sp³-hybridized carbons (Fsp3) is 1.00. The van der Waals surface area contributed by atoms with Gasteiger partial charge in [-0.1, -0.05) is 33.1 Å². The van der Waals surface area contributed by atoms with Crippen LogP contribution in [0.15, 0.2) is 0 Å². The molecule has 4 saturated heterocycles. The second-order valence-electron chi connectivity index (χ2n) is 8.07. The van der Waals surface area contributed by atoms with E-state index in [4.69, 9.17) is 0 Å². The fourth-order valence-corrected chi connectivity index (χ4v) is 6.08. The first kappa shape index (κ1) is 12.6. The van der Waals surface area contributed by atoms with Gasteiger partial charge in [0.2, 0.25) is 0 Å². The van der Waals surface area contributed by atoms with Gasteiger partial charge in [0.1, 0.15) is 0 Å². The van der Waals surface area contributed by atoms with Crippen LogP contribution in [-0.4, -0.2) is 52.9 Å². The van der Waals surface area contributed by atoms with Crippen LogP contribution in [0.1, 0.15) is 52.4 Å². The lowest BCUT2D eigenvalue weighted by molar-refractivity contribution is -0.292. The molecule has 1 aliphatic carbocycles. The highest BCUT2D eigenvalue weighted by atomic mass is 16.3. The largest absolute Gasteiger partial charge is 0.392 e. The molecular formula is C16H28N2O. The number of aliphatic hydroxyl groups excluding tert-OH is 1. The lowest BCUT2D eigenvalue weighted by atomic mass is 9.57. The van der Waals surface area contributed by atoms with Crippen molar-refractivity contribution in [1.29, 1.82) is 0 Å². The molecule has 2 unspecified atom stereocenters. The minimum Gasteiger partial charge on any atom is -0.392 e. The normalized spacial score (nSPS) is 54.2. The van der Waals surface area contributed by atoms with Crippen LogP contribution in [0.3, 0.4) is 0 Å². The predicted molar refractivity (Wildman–Crippen MR) is 75.8 cm³/mol. The second-order valence-corrected chi connectivity index (χ2v) is 8.07. The minimum atomic E-state index is -0.0915. The maximum atomic E-state index is 10.9. The van der Waals surface area contributed by atoms with Crippen molar-refractivity contribution in [2.24, 2.45) is 10.8 Å². The van der Waals surface area contributed by atoms with Gasteiger partial charge in [-0.25, -0.2) is 0 Å². The molecule has 1 spiro atoms. The Hall–Kier alpha value is -0.120. The number of aliphatic hydroxyl groups is 1. The van der Waals surface area contributed by atoms with Crippen molar-refractivity contribution in [3.05, 3.63) is 0 Å². The molecule has 4 heterocycles. The average molecular weight is 264 g/mol. The number of rotatable bonds is 2. The topological polar surface area (TPSA) is 26.7 Å². The molecule has 5 aliphatic rings. The predicted octanol–water partition coefficient (Wildman–Crippen LogP) is 2.06. The molecule has 5 fully saturated rings. The van der Waals surface area contributed by atoms with Crippen LogP contribution in [0.4, 0.5) is 0 Å². The molecule has 3 nitrogen and oxygen atoms in total. The van der Waals surface area contributed by atoms with E-state index in [9.17, 15) is 5.11 Å². The molecule has 5 rings (SSSR count). The van der Waals surface area contributed by atoms with Crippen molar-refractivity contribution in [2.75, 3.05) is 26.2 Å². The number of nitrogens with zero attached hydrogens (tertiary/aromatic N) is 2. The van der Waals surface area contributed by atoms with E-state index in [0.717, 1.165) is 26.2 Å². The van der Waals surface area contributed by atoms with Gasteiger partial charge < -0.3 is 5.11 Å². The van der Waals surface area contributed by atoms with Crippen LogP contribution in [-0.2, 0) is 0 Å². The Morgan fingerprint density at radius 1 is 1.05 bits per heavy atom. The second kappa shape index (κ2) is 3.75. The lowest BCUT2D eigenvalue weighted by Gasteiger charge is -2.73. The van der Waals surface area contributed by atoms with E-state index < -0.39 is 0 Å². The van der Waals surface area contributed by atoms with Crippen LogP contribution in [0.2, 0.25) is 0 Å². The fourth-order valence-electron chi connectivity index (χ4n) is 6.08. The zero-order chi connectivity index (χ0) is 13.3. The molecule has 108 valence electrons. The van der Waals surface area contributed by atoms with E-state index in [2.05, 4.69) is 23.6 Å². The van der Waals surface area contributed by atoms with Crippen molar-refractivity contribution in [3.63, 3.8) is 0 Å². The highest BCUT2D eigenvalue weighted by Crippen LogP contribution is 2.58. The molecule has 4 bridgehead atoms. The summed E-state index contributed by atoms with van der Waals surface area (Å²) in [6.45, 7) is 9.13. The summed E-state index contributed by atoms with van der Waals surface area (Å²) in [6, 6.07) is 0. The number of hydrogen-bond donors (Lipinski definition) is 1. The van der Waals surface area contributed by atoms with Gasteiger partial charge in [0, 0.05) is 37.0 Å². The summed E-state index contributed by atoms with van der Waals surface area (Å²) >= 11 is 0.